The zero-order valence-electron chi connectivity index (χ0n) is 9.75. The largest absolute Gasteiger partial charge is 0.493 e. The molecule has 0 atom stereocenters. The van der Waals surface area contributed by atoms with Gasteiger partial charge in [-0.25, -0.2) is 8.78 Å². The van der Waals surface area contributed by atoms with E-state index in [9.17, 15) is 8.78 Å². The number of fused-ring (bicyclic) bond motifs is 1. The molecule has 92 valence electrons. The van der Waals surface area contributed by atoms with E-state index in [1.165, 1.54) is 6.07 Å². The van der Waals surface area contributed by atoms with Crippen LogP contribution in [-0.4, -0.2) is 6.61 Å². The fourth-order valence-corrected chi connectivity index (χ4v) is 2.30. The summed E-state index contributed by atoms with van der Waals surface area (Å²) >= 11 is 0. The van der Waals surface area contributed by atoms with Crippen LogP contribution in [0.5, 0.6) is 5.75 Å². The van der Waals surface area contributed by atoms with E-state index in [0.29, 0.717) is 17.9 Å². The van der Waals surface area contributed by atoms with Crippen LogP contribution in [0, 0.1) is 11.6 Å². The highest BCUT2D eigenvalue weighted by atomic mass is 19.1. The molecule has 0 bridgehead atoms. The van der Waals surface area contributed by atoms with Gasteiger partial charge < -0.3 is 4.74 Å². The lowest BCUT2D eigenvalue weighted by Crippen LogP contribution is -2.09. The summed E-state index contributed by atoms with van der Waals surface area (Å²) in [6.07, 6.45) is 1.88. The summed E-state index contributed by atoms with van der Waals surface area (Å²) in [6.45, 7) is 0.626. The minimum absolute atomic E-state index is 0.258. The molecule has 0 aromatic heterocycles. The van der Waals surface area contributed by atoms with Gasteiger partial charge in [-0.15, -0.1) is 0 Å². The molecule has 0 amide bonds. The molecular weight excluding hydrogens is 234 g/mol. The van der Waals surface area contributed by atoms with E-state index in [1.807, 2.05) is 12.1 Å². The van der Waals surface area contributed by atoms with E-state index in [0.717, 1.165) is 30.5 Å². The number of ether oxygens (including phenoxy) is 1. The third-order valence-corrected chi connectivity index (χ3v) is 3.15. The molecule has 1 aliphatic heterocycles. The maximum absolute atomic E-state index is 13.8. The summed E-state index contributed by atoms with van der Waals surface area (Å²) in [7, 11) is 0. The van der Waals surface area contributed by atoms with Gasteiger partial charge in [0.1, 0.15) is 17.4 Å². The monoisotopic (exact) mass is 246 g/mol. The molecule has 2 aromatic carbocycles. The highest BCUT2D eigenvalue weighted by Crippen LogP contribution is 2.37. The average molecular weight is 246 g/mol. The summed E-state index contributed by atoms with van der Waals surface area (Å²) in [4.78, 5) is 0. The Balaban J connectivity index is 2.19. The van der Waals surface area contributed by atoms with Crippen LogP contribution in [0.15, 0.2) is 36.4 Å². The predicted molar refractivity (Wildman–Crippen MR) is 65.6 cm³/mol. The van der Waals surface area contributed by atoms with Gasteiger partial charge in [0.25, 0.3) is 0 Å². The van der Waals surface area contributed by atoms with Crippen molar-refractivity contribution in [3.05, 3.63) is 53.6 Å². The quantitative estimate of drug-likeness (QED) is 0.740. The van der Waals surface area contributed by atoms with E-state index >= 15 is 0 Å². The summed E-state index contributed by atoms with van der Waals surface area (Å²) in [5, 5.41) is 0. The van der Waals surface area contributed by atoms with E-state index in [4.69, 9.17) is 4.74 Å². The lowest BCUT2D eigenvalue weighted by molar-refractivity contribution is 0.289. The first-order chi connectivity index (χ1) is 8.75. The summed E-state index contributed by atoms with van der Waals surface area (Å²) in [6, 6.07) is 9.06. The van der Waals surface area contributed by atoms with Crippen molar-refractivity contribution in [1.29, 1.82) is 0 Å². The molecule has 0 fully saturated rings. The Morgan fingerprint density at radius 1 is 1.00 bits per heavy atom. The molecular formula is C15H12F2O. The molecule has 1 nitrogen and oxygen atoms in total. The van der Waals surface area contributed by atoms with Gasteiger partial charge in [-0.1, -0.05) is 18.2 Å². The zero-order chi connectivity index (χ0) is 12.5. The number of hydrogen-bond acceptors (Lipinski definition) is 1. The number of benzene rings is 2. The van der Waals surface area contributed by atoms with Crippen LogP contribution in [0.2, 0.25) is 0 Å². The summed E-state index contributed by atoms with van der Waals surface area (Å²) in [5.74, 6) is -0.188. The van der Waals surface area contributed by atoms with Crippen LogP contribution in [0.1, 0.15) is 12.0 Å². The fraction of sp³-hybridized carbons (Fsp3) is 0.200. The van der Waals surface area contributed by atoms with Gasteiger partial charge in [-0.3, -0.25) is 0 Å². The van der Waals surface area contributed by atoms with Crippen molar-refractivity contribution in [2.75, 3.05) is 6.61 Å². The van der Waals surface area contributed by atoms with Crippen molar-refractivity contribution < 1.29 is 13.5 Å². The highest BCUT2D eigenvalue weighted by molar-refractivity contribution is 5.73. The Kier molecular flexibility index (Phi) is 2.74. The molecule has 0 spiro atoms. The Bertz CT molecular complexity index is 593. The lowest BCUT2D eigenvalue weighted by Gasteiger charge is -2.20. The Hall–Kier alpha value is -1.90. The van der Waals surface area contributed by atoms with Crippen LogP contribution >= 0.6 is 0 Å². The number of hydrogen-bond donors (Lipinski definition) is 0. The maximum Gasteiger partial charge on any atom is 0.131 e. The van der Waals surface area contributed by atoms with Crippen LogP contribution in [0.4, 0.5) is 8.78 Å². The Morgan fingerprint density at radius 2 is 1.89 bits per heavy atom. The van der Waals surface area contributed by atoms with Crippen LogP contribution in [-0.2, 0) is 6.42 Å². The second kappa shape index (κ2) is 4.41. The van der Waals surface area contributed by atoms with Crippen LogP contribution < -0.4 is 4.74 Å². The fourth-order valence-electron chi connectivity index (χ4n) is 2.30. The molecule has 0 radical (unpaired) electrons. The van der Waals surface area contributed by atoms with Crippen molar-refractivity contribution in [3.63, 3.8) is 0 Å². The van der Waals surface area contributed by atoms with Gasteiger partial charge in [0, 0.05) is 11.1 Å². The first-order valence-electron chi connectivity index (χ1n) is 5.96. The number of rotatable bonds is 1. The van der Waals surface area contributed by atoms with Crippen LogP contribution in [0.25, 0.3) is 11.1 Å². The highest BCUT2D eigenvalue weighted by Gasteiger charge is 2.17. The SMILES string of the molecule is Fc1ccc(F)c(-c2cccc3c2OCCC3)c1. The van der Waals surface area contributed by atoms with Gasteiger partial charge >= 0.3 is 0 Å². The standard InChI is InChI=1S/C15H12F2O/c16-11-6-7-14(17)13(9-11)12-5-1-3-10-4-2-8-18-15(10)12/h1,3,5-7,9H,2,4,8H2. The third-order valence-electron chi connectivity index (χ3n) is 3.15. The molecule has 0 unspecified atom stereocenters. The molecule has 3 heteroatoms. The van der Waals surface area contributed by atoms with Crippen LogP contribution in [0.3, 0.4) is 0 Å². The first kappa shape index (κ1) is 11.2. The Labute approximate surface area is 104 Å². The molecule has 0 saturated carbocycles. The van der Waals surface area contributed by atoms with Crippen molar-refractivity contribution in [1.82, 2.24) is 0 Å². The van der Waals surface area contributed by atoms with Crippen molar-refractivity contribution in [2.24, 2.45) is 0 Å². The van der Waals surface area contributed by atoms with Gasteiger partial charge in [0.2, 0.25) is 0 Å². The minimum Gasteiger partial charge on any atom is -0.493 e. The maximum atomic E-state index is 13.8. The van der Waals surface area contributed by atoms with E-state index in [2.05, 4.69) is 0 Å². The zero-order valence-corrected chi connectivity index (χ0v) is 9.75. The second-order valence-corrected chi connectivity index (χ2v) is 4.37. The molecule has 0 aliphatic carbocycles. The molecule has 18 heavy (non-hydrogen) atoms. The smallest absolute Gasteiger partial charge is 0.131 e. The van der Waals surface area contributed by atoms with E-state index < -0.39 is 11.6 Å². The molecule has 3 rings (SSSR count). The Morgan fingerprint density at radius 3 is 2.78 bits per heavy atom. The van der Waals surface area contributed by atoms with Crippen molar-refractivity contribution in [2.45, 2.75) is 12.8 Å². The molecule has 1 aliphatic rings. The van der Waals surface area contributed by atoms with Crippen molar-refractivity contribution in [3.8, 4) is 16.9 Å². The minimum atomic E-state index is -0.445. The lowest BCUT2D eigenvalue weighted by atomic mass is 9.97. The van der Waals surface area contributed by atoms with Gasteiger partial charge in [-0.2, -0.15) is 0 Å². The molecule has 0 N–H and O–H groups in total. The number of halogens is 2. The predicted octanol–water partition coefficient (Wildman–Crippen LogP) is 3.96. The summed E-state index contributed by atoms with van der Waals surface area (Å²) in [5.41, 5.74) is 1.94. The van der Waals surface area contributed by atoms with Crippen molar-refractivity contribution >= 4 is 0 Å². The normalized spacial score (nSPS) is 13.9. The third kappa shape index (κ3) is 1.86. The molecule has 1 heterocycles. The molecule has 0 saturated heterocycles. The topological polar surface area (TPSA) is 9.23 Å². The van der Waals surface area contributed by atoms with Gasteiger partial charge in [0.15, 0.2) is 0 Å². The number of aryl methyl sites for hydroxylation is 1. The van der Waals surface area contributed by atoms with Gasteiger partial charge in [0.05, 0.1) is 6.61 Å². The van der Waals surface area contributed by atoms with Gasteiger partial charge in [-0.05, 0) is 36.6 Å². The summed E-state index contributed by atoms with van der Waals surface area (Å²) < 4.78 is 32.7. The molecule has 2 aromatic rings. The van der Waals surface area contributed by atoms with E-state index in [-0.39, 0.29) is 5.56 Å². The number of para-hydroxylation sites is 1. The first-order valence-corrected chi connectivity index (χ1v) is 5.96. The second-order valence-electron chi connectivity index (χ2n) is 4.37. The average Bonchev–Trinajstić information content (AvgIpc) is 2.41. The van der Waals surface area contributed by atoms with E-state index in [1.54, 1.807) is 6.07 Å².